The Morgan fingerprint density at radius 1 is 1.17 bits per heavy atom. The zero-order valence-electron chi connectivity index (χ0n) is 16.9. The third kappa shape index (κ3) is 5.70. The molecule has 0 aliphatic heterocycles. The van der Waals surface area contributed by atoms with E-state index in [1.54, 1.807) is 6.92 Å². The molecule has 0 aliphatic rings. The molecule has 158 valence electrons. The molecule has 0 aromatic heterocycles. The number of rotatable bonds is 8. The molecule has 0 radical (unpaired) electrons. The fourth-order valence-corrected chi connectivity index (χ4v) is 4.50. The summed E-state index contributed by atoms with van der Waals surface area (Å²) in [5.74, 6) is -1.10. The number of nitrogens with zero attached hydrogens (tertiary/aromatic N) is 1. The highest BCUT2D eigenvalue weighted by molar-refractivity contribution is 7.92. The predicted molar refractivity (Wildman–Crippen MR) is 115 cm³/mol. The van der Waals surface area contributed by atoms with Gasteiger partial charge in [-0.25, -0.2) is 12.8 Å². The lowest BCUT2D eigenvalue weighted by molar-refractivity contribution is -0.122. The smallest absolute Gasteiger partial charge is 0.244 e. The van der Waals surface area contributed by atoms with Gasteiger partial charge in [0, 0.05) is 0 Å². The Morgan fingerprint density at radius 2 is 1.79 bits per heavy atom. The summed E-state index contributed by atoms with van der Waals surface area (Å²) in [6.45, 7) is 5.62. The van der Waals surface area contributed by atoms with Crippen molar-refractivity contribution < 1.29 is 17.6 Å². The largest absolute Gasteiger partial charge is 0.348 e. The lowest BCUT2D eigenvalue weighted by Gasteiger charge is -2.31. The minimum absolute atomic E-state index is 0.140. The number of sulfonamides is 1. The van der Waals surface area contributed by atoms with Crippen molar-refractivity contribution in [2.24, 2.45) is 0 Å². The van der Waals surface area contributed by atoms with Crippen molar-refractivity contribution in [3.8, 4) is 0 Å². The van der Waals surface area contributed by atoms with Gasteiger partial charge in [-0.2, -0.15) is 0 Å². The third-order valence-corrected chi connectivity index (χ3v) is 6.20. The second-order valence-electron chi connectivity index (χ2n) is 6.91. The number of carbonyl (C=O) groups excluding carboxylic acids is 1. The van der Waals surface area contributed by atoms with E-state index in [1.165, 1.54) is 17.7 Å². The Balaban J connectivity index is 2.30. The first-order valence-corrected chi connectivity index (χ1v) is 11.6. The van der Waals surface area contributed by atoms with Gasteiger partial charge < -0.3 is 5.32 Å². The van der Waals surface area contributed by atoms with E-state index >= 15 is 0 Å². The highest BCUT2D eigenvalue weighted by Crippen LogP contribution is 2.27. The number of hydrogen-bond donors (Lipinski definition) is 1. The van der Waals surface area contributed by atoms with Crippen LogP contribution in [0.5, 0.6) is 0 Å². The molecule has 0 saturated heterocycles. The van der Waals surface area contributed by atoms with Gasteiger partial charge in [-0.05, 0) is 49.1 Å². The van der Waals surface area contributed by atoms with Crippen LogP contribution in [0.2, 0.25) is 5.02 Å². The van der Waals surface area contributed by atoms with Crippen LogP contribution in [0.15, 0.2) is 42.5 Å². The molecule has 2 aromatic carbocycles. The summed E-state index contributed by atoms with van der Waals surface area (Å²) in [6.07, 6.45) is 2.16. The van der Waals surface area contributed by atoms with E-state index in [2.05, 4.69) is 12.2 Å². The molecule has 0 saturated carbocycles. The number of aryl methyl sites for hydroxylation is 1. The van der Waals surface area contributed by atoms with Crippen LogP contribution in [0.3, 0.4) is 0 Å². The summed E-state index contributed by atoms with van der Waals surface area (Å²) in [5.41, 5.74) is 2.25. The van der Waals surface area contributed by atoms with E-state index in [-0.39, 0.29) is 23.2 Å². The van der Waals surface area contributed by atoms with E-state index in [9.17, 15) is 17.6 Å². The maximum absolute atomic E-state index is 13.5. The number of nitrogens with one attached hydrogen (secondary N) is 1. The summed E-state index contributed by atoms with van der Waals surface area (Å²) in [4.78, 5) is 13.0. The van der Waals surface area contributed by atoms with Crippen molar-refractivity contribution in [1.29, 1.82) is 0 Å². The third-order valence-electron chi connectivity index (χ3n) is 4.73. The van der Waals surface area contributed by atoms with E-state index in [0.717, 1.165) is 28.6 Å². The fraction of sp³-hybridized carbons (Fsp3) is 0.381. The standard InChI is InChI=1S/C21H26ClFN2O3S/c1-5-15-7-9-16(10-8-15)14(3)24-21(26)20(6-2)25(29(4,27)28)17-11-12-19(23)18(22)13-17/h7-14,20H,5-6H2,1-4H3,(H,24,26)/t14-,20+/m0/s1. The molecular formula is C21H26ClFN2O3S. The van der Waals surface area contributed by atoms with Crippen LogP contribution in [0.25, 0.3) is 0 Å². The molecule has 0 heterocycles. The van der Waals surface area contributed by atoms with Gasteiger partial charge in [0.1, 0.15) is 11.9 Å². The molecule has 0 fully saturated rings. The van der Waals surface area contributed by atoms with Crippen molar-refractivity contribution in [2.45, 2.75) is 45.7 Å². The number of carbonyl (C=O) groups is 1. The normalized spacial score (nSPS) is 13.6. The summed E-state index contributed by atoms with van der Waals surface area (Å²) in [7, 11) is -3.82. The minimum Gasteiger partial charge on any atom is -0.348 e. The zero-order valence-corrected chi connectivity index (χ0v) is 18.5. The van der Waals surface area contributed by atoms with Crippen LogP contribution in [0, 0.1) is 5.82 Å². The Morgan fingerprint density at radius 3 is 2.28 bits per heavy atom. The maximum Gasteiger partial charge on any atom is 0.244 e. The summed E-state index contributed by atoms with van der Waals surface area (Å²) in [5, 5.41) is 2.67. The first kappa shape index (κ1) is 23.2. The quantitative estimate of drug-likeness (QED) is 0.658. The molecule has 2 aromatic rings. The average molecular weight is 441 g/mol. The zero-order chi connectivity index (χ0) is 21.8. The fourth-order valence-electron chi connectivity index (χ4n) is 3.12. The first-order chi connectivity index (χ1) is 13.6. The number of hydrogen-bond acceptors (Lipinski definition) is 3. The lowest BCUT2D eigenvalue weighted by atomic mass is 10.0. The second kappa shape index (κ2) is 9.59. The SMILES string of the molecule is CCc1ccc([C@H](C)NC(=O)[C@@H](CC)N(c2ccc(F)c(Cl)c2)S(C)(=O)=O)cc1. The summed E-state index contributed by atoms with van der Waals surface area (Å²) >= 11 is 5.83. The summed E-state index contributed by atoms with van der Waals surface area (Å²) in [6, 6.07) is 10.2. The van der Waals surface area contributed by atoms with Crippen LogP contribution in [-0.4, -0.2) is 26.6 Å². The molecule has 1 amide bonds. The van der Waals surface area contributed by atoms with Gasteiger partial charge in [0.2, 0.25) is 15.9 Å². The van der Waals surface area contributed by atoms with Crippen LogP contribution >= 0.6 is 11.6 Å². The molecule has 29 heavy (non-hydrogen) atoms. The molecule has 0 aliphatic carbocycles. The van der Waals surface area contributed by atoms with Gasteiger partial charge in [0.05, 0.1) is 23.0 Å². The Bertz CT molecular complexity index is 964. The number of benzene rings is 2. The lowest BCUT2D eigenvalue weighted by Crippen LogP contribution is -2.49. The average Bonchev–Trinajstić information content (AvgIpc) is 2.67. The van der Waals surface area contributed by atoms with Crippen molar-refractivity contribution in [3.63, 3.8) is 0 Å². The van der Waals surface area contributed by atoms with Gasteiger partial charge in [0.25, 0.3) is 0 Å². The highest BCUT2D eigenvalue weighted by Gasteiger charge is 2.32. The maximum atomic E-state index is 13.5. The molecule has 5 nitrogen and oxygen atoms in total. The van der Waals surface area contributed by atoms with Gasteiger partial charge in [0.15, 0.2) is 0 Å². The molecule has 8 heteroatoms. The Kier molecular flexibility index (Phi) is 7.66. The van der Waals surface area contributed by atoms with Crippen molar-refractivity contribution in [3.05, 3.63) is 64.4 Å². The molecule has 2 atom stereocenters. The van der Waals surface area contributed by atoms with E-state index in [1.807, 2.05) is 31.2 Å². The van der Waals surface area contributed by atoms with Gasteiger partial charge >= 0.3 is 0 Å². The van der Waals surface area contributed by atoms with Crippen LogP contribution in [-0.2, 0) is 21.2 Å². The minimum atomic E-state index is -3.82. The Hall–Kier alpha value is -2.12. The number of anilines is 1. The molecule has 1 N–H and O–H groups in total. The highest BCUT2D eigenvalue weighted by atomic mass is 35.5. The second-order valence-corrected chi connectivity index (χ2v) is 9.17. The molecular weight excluding hydrogens is 415 g/mol. The molecule has 0 spiro atoms. The summed E-state index contributed by atoms with van der Waals surface area (Å²) < 4.78 is 39.5. The van der Waals surface area contributed by atoms with Crippen LogP contribution in [0.4, 0.5) is 10.1 Å². The van der Waals surface area contributed by atoms with Crippen molar-refractivity contribution >= 4 is 33.2 Å². The topological polar surface area (TPSA) is 66.5 Å². The van der Waals surface area contributed by atoms with Gasteiger partial charge in [-0.1, -0.05) is 49.7 Å². The molecule has 0 unspecified atom stereocenters. The predicted octanol–water partition coefficient (Wildman–Crippen LogP) is 4.46. The van der Waals surface area contributed by atoms with Crippen molar-refractivity contribution in [2.75, 3.05) is 10.6 Å². The molecule has 2 rings (SSSR count). The molecule has 0 bridgehead atoms. The van der Waals surface area contributed by atoms with Crippen LogP contribution < -0.4 is 9.62 Å². The number of halogens is 2. The van der Waals surface area contributed by atoms with E-state index in [0.29, 0.717) is 0 Å². The van der Waals surface area contributed by atoms with Crippen LogP contribution in [0.1, 0.15) is 44.4 Å². The van der Waals surface area contributed by atoms with Crippen molar-refractivity contribution in [1.82, 2.24) is 5.32 Å². The van der Waals surface area contributed by atoms with Gasteiger partial charge in [-0.3, -0.25) is 9.10 Å². The monoisotopic (exact) mass is 440 g/mol. The van der Waals surface area contributed by atoms with E-state index < -0.39 is 27.8 Å². The first-order valence-electron chi connectivity index (χ1n) is 9.42. The van der Waals surface area contributed by atoms with Gasteiger partial charge in [-0.15, -0.1) is 0 Å². The number of amides is 1. The van der Waals surface area contributed by atoms with E-state index in [4.69, 9.17) is 11.6 Å². The Labute approximate surface area is 176 Å².